The average Bonchev–Trinajstić information content (AvgIpc) is 2.74. The van der Waals surface area contributed by atoms with Gasteiger partial charge in [0.1, 0.15) is 17.7 Å². The molecule has 6 heteroatoms. The molecule has 1 atom stereocenters. The Balaban J connectivity index is 1.77. The van der Waals surface area contributed by atoms with Crippen LogP contribution in [-0.4, -0.2) is 54.7 Å². The number of anilines is 1. The van der Waals surface area contributed by atoms with Crippen LogP contribution in [0.1, 0.15) is 23.2 Å². The Morgan fingerprint density at radius 2 is 2.00 bits per heavy atom. The summed E-state index contributed by atoms with van der Waals surface area (Å²) in [7, 11) is 3.74. The molecule has 1 aromatic heterocycles. The van der Waals surface area contributed by atoms with E-state index in [-0.39, 0.29) is 0 Å². The first kappa shape index (κ1) is 18.4. The minimum absolute atomic E-state index is 0.365. The van der Waals surface area contributed by atoms with Crippen molar-refractivity contribution in [1.82, 2.24) is 15.1 Å². The molecule has 0 saturated carbocycles. The van der Waals surface area contributed by atoms with Crippen LogP contribution in [0.5, 0.6) is 5.75 Å². The summed E-state index contributed by atoms with van der Waals surface area (Å²) in [4.78, 5) is 13.4. The second kappa shape index (κ2) is 7.94. The summed E-state index contributed by atoms with van der Waals surface area (Å²) in [5.74, 6) is 1.42. The standard InChI is InChI=1S/C22H24N4O2/c1-26-11-5-6-16(13-26)23-22-18-8-4-3-7-17(18)21(24-25-22)19-10-9-15(14-27)12-20(19)28-2/h3-4,7-10,12,14,16H,5-6,11,13H2,1-2H3,(H,23,25)/t16-/m1/s1. The number of carbonyl (C=O) groups is 1. The van der Waals surface area contributed by atoms with E-state index in [1.165, 1.54) is 6.42 Å². The molecule has 0 aliphatic carbocycles. The molecule has 1 aliphatic heterocycles. The summed E-state index contributed by atoms with van der Waals surface area (Å²) in [5, 5.41) is 14.7. The molecule has 2 heterocycles. The van der Waals surface area contributed by atoms with Gasteiger partial charge in [0.05, 0.1) is 7.11 Å². The van der Waals surface area contributed by atoms with Gasteiger partial charge in [-0.1, -0.05) is 30.3 Å². The smallest absolute Gasteiger partial charge is 0.156 e. The first-order valence-corrected chi connectivity index (χ1v) is 9.53. The molecule has 0 amide bonds. The molecule has 3 aromatic rings. The lowest BCUT2D eigenvalue weighted by Gasteiger charge is -2.30. The van der Waals surface area contributed by atoms with Crippen molar-refractivity contribution in [1.29, 1.82) is 0 Å². The number of nitrogens with zero attached hydrogens (tertiary/aromatic N) is 3. The fourth-order valence-electron chi connectivity index (χ4n) is 3.86. The minimum Gasteiger partial charge on any atom is -0.496 e. The molecule has 2 aromatic carbocycles. The van der Waals surface area contributed by atoms with Crippen LogP contribution in [0.4, 0.5) is 5.82 Å². The summed E-state index contributed by atoms with van der Waals surface area (Å²) in [5.41, 5.74) is 2.13. The third kappa shape index (κ3) is 3.55. The number of benzene rings is 2. The number of fused-ring (bicyclic) bond motifs is 1. The van der Waals surface area contributed by atoms with E-state index in [4.69, 9.17) is 4.74 Å². The number of aromatic nitrogens is 2. The van der Waals surface area contributed by atoms with E-state index in [2.05, 4.69) is 33.5 Å². The van der Waals surface area contributed by atoms with Crippen molar-refractivity contribution in [2.45, 2.75) is 18.9 Å². The number of likely N-dealkylation sites (N-methyl/N-ethyl adjacent to an activating group) is 1. The molecule has 0 unspecified atom stereocenters. The Labute approximate surface area is 164 Å². The van der Waals surface area contributed by atoms with E-state index < -0.39 is 0 Å². The second-order valence-electron chi connectivity index (χ2n) is 7.27. The molecular weight excluding hydrogens is 352 g/mol. The Bertz CT molecular complexity index is 1000. The van der Waals surface area contributed by atoms with Crippen LogP contribution >= 0.6 is 0 Å². The second-order valence-corrected chi connectivity index (χ2v) is 7.27. The molecule has 4 rings (SSSR count). The highest BCUT2D eigenvalue weighted by Crippen LogP contribution is 2.35. The SMILES string of the molecule is COc1cc(C=O)ccc1-c1nnc(N[C@@H]2CCCN(C)C2)c2ccccc12. The Morgan fingerprint density at radius 3 is 2.75 bits per heavy atom. The monoisotopic (exact) mass is 376 g/mol. The van der Waals surface area contributed by atoms with Gasteiger partial charge in [0, 0.05) is 34.5 Å². The number of methoxy groups -OCH3 is 1. The zero-order valence-corrected chi connectivity index (χ0v) is 16.2. The molecule has 1 fully saturated rings. The number of carbonyl (C=O) groups excluding carboxylic acids is 1. The fraction of sp³-hybridized carbons (Fsp3) is 0.318. The third-order valence-electron chi connectivity index (χ3n) is 5.27. The van der Waals surface area contributed by atoms with Crippen LogP contribution in [0.2, 0.25) is 0 Å². The zero-order chi connectivity index (χ0) is 19.5. The van der Waals surface area contributed by atoms with Gasteiger partial charge in [-0.15, -0.1) is 10.2 Å². The van der Waals surface area contributed by atoms with Crippen LogP contribution in [0.3, 0.4) is 0 Å². The Kier molecular flexibility index (Phi) is 5.21. The predicted octanol–water partition coefficient (Wildman–Crippen LogP) is 3.62. The van der Waals surface area contributed by atoms with E-state index in [0.717, 1.165) is 53.6 Å². The van der Waals surface area contributed by atoms with Crippen molar-refractivity contribution in [3.8, 4) is 17.0 Å². The third-order valence-corrected chi connectivity index (χ3v) is 5.27. The maximum absolute atomic E-state index is 11.1. The van der Waals surface area contributed by atoms with Crippen molar-refractivity contribution in [3.05, 3.63) is 48.0 Å². The molecule has 1 aliphatic rings. The molecule has 1 N–H and O–H groups in total. The number of hydrogen-bond donors (Lipinski definition) is 1. The lowest BCUT2D eigenvalue weighted by molar-refractivity contribution is 0.112. The molecular formula is C22H24N4O2. The number of likely N-dealkylation sites (tertiary alicyclic amines) is 1. The summed E-state index contributed by atoms with van der Waals surface area (Å²) >= 11 is 0. The van der Waals surface area contributed by atoms with E-state index in [1.54, 1.807) is 19.2 Å². The fourth-order valence-corrected chi connectivity index (χ4v) is 3.86. The van der Waals surface area contributed by atoms with E-state index in [1.807, 2.05) is 24.3 Å². The first-order chi connectivity index (χ1) is 13.7. The van der Waals surface area contributed by atoms with E-state index in [0.29, 0.717) is 17.4 Å². The highest BCUT2D eigenvalue weighted by molar-refractivity contribution is 6.01. The Morgan fingerprint density at radius 1 is 1.18 bits per heavy atom. The quantitative estimate of drug-likeness (QED) is 0.686. The topological polar surface area (TPSA) is 67.3 Å². The van der Waals surface area contributed by atoms with Crippen LogP contribution in [0.15, 0.2) is 42.5 Å². The molecule has 0 radical (unpaired) electrons. The van der Waals surface area contributed by atoms with E-state index >= 15 is 0 Å². The maximum Gasteiger partial charge on any atom is 0.156 e. The molecule has 28 heavy (non-hydrogen) atoms. The van der Waals surface area contributed by atoms with Crippen molar-refractivity contribution < 1.29 is 9.53 Å². The highest BCUT2D eigenvalue weighted by atomic mass is 16.5. The lowest BCUT2D eigenvalue weighted by atomic mass is 10.0. The lowest BCUT2D eigenvalue weighted by Crippen LogP contribution is -2.40. The normalized spacial score (nSPS) is 17.4. The number of rotatable bonds is 5. The number of ether oxygens (including phenoxy) is 1. The van der Waals surface area contributed by atoms with Crippen molar-refractivity contribution >= 4 is 22.9 Å². The van der Waals surface area contributed by atoms with Crippen molar-refractivity contribution in [2.75, 3.05) is 32.6 Å². The number of nitrogens with one attached hydrogen (secondary N) is 1. The summed E-state index contributed by atoms with van der Waals surface area (Å²) in [6, 6.07) is 13.8. The average molecular weight is 376 g/mol. The van der Waals surface area contributed by atoms with Crippen LogP contribution < -0.4 is 10.1 Å². The van der Waals surface area contributed by atoms with E-state index in [9.17, 15) is 4.79 Å². The maximum atomic E-state index is 11.1. The number of aldehydes is 1. The summed E-state index contributed by atoms with van der Waals surface area (Å²) in [6.45, 7) is 2.14. The van der Waals surface area contributed by atoms with Gasteiger partial charge in [-0.05, 0) is 38.6 Å². The molecule has 144 valence electrons. The van der Waals surface area contributed by atoms with Gasteiger partial charge >= 0.3 is 0 Å². The van der Waals surface area contributed by atoms with Crippen LogP contribution in [0, 0.1) is 0 Å². The predicted molar refractivity (Wildman–Crippen MR) is 111 cm³/mol. The van der Waals surface area contributed by atoms with Gasteiger partial charge in [-0.3, -0.25) is 4.79 Å². The molecule has 6 nitrogen and oxygen atoms in total. The molecule has 1 saturated heterocycles. The van der Waals surface area contributed by atoms with Gasteiger partial charge in [-0.2, -0.15) is 0 Å². The van der Waals surface area contributed by atoms with Gasteiger partial charge in [0.2, 0.25) is 0 Å². The molecule has 0 bridgehead atoms. The molecule has 0 spiro atoms. The zero-order valence-electron chi connectivity index (χ0n) is 16.2. The first-order valence-electron chi connectivity index (χ1n) is 9.53. The van der Waals surface area contributed by atoms with Crippen molar-refractivity contribution in [2.24, 2.45) is 0 Å². The largest absolute Gasteiger partial charge is 0.496 e. The summed E-state index contributed by atoms with van der Waals surface area (Å²) in [6.07, 6.45) is 3.12. The Hall–Kier alpha value is -2.99. The minimum atomic E-state index is 0.365. The number of hydrogen-bond acceptors (Lipinski definition) is 6. The van der Waals surface area contributed by atoms with Gasteiger partial charge in [0.25, 0.3) is 0 Å². The summed E-state index contributed by atoms with van der Waals surface area (Å²) < 4.78 is 5.51. The van der Waals surface area contributed by atoms with Crippen LogP contribution in [-0.2, 0) is 0 Å². The number of piperidine rings is 1. The van der Waals surface area contributed by atoms with Gasteiger partial charge in [0.15, 0.2) is 5.82 Å². The van der Waals surface area contributed by atoms with Gasteiger partial charge in [-0.25, -0.2) is 0 Å². The van der Waals surface area contributed by atoms with Crippen molar-refractivity contribution in [3.63, 3.8) is 0 Å². The highest BCUT2D eigenvalue weighted by Gasteiger charge is 2.20. The van der Waals surface area contributed by atoms with Gasteiger partial charge < -0.3 is 15.0 Å². The van der Waals surface area contributed by atoms with Crippen LogP contribution in [0.25, 0.3) is 22.0 Å².